The molecule has 0 radical (unpaired) electrons. The number of hydrogen-bond acceptors (Lipinski definition) is 2. The van der Waals surface area contributed by atoms with Crippen molar-refractivity contribution < 1.29 is 8.42 Å². The second-order valence-corrected chi connectivity index (χ2v) is 7.55. The molecule has 1 heterocycles. The van der Waals surface area contributed by atoms with Crippen LogP contribution < -0.4 is 0 Å². The van der Waals surface area contributed by atoms with Crippen molar-refractivity contribution in [3.8, 4) is 0 Å². The molecule has 1 aliphatic heterocycles. The Morgan fingerprint density at radius 2 is 1.82 bits per heavy atom. The van der Waals surface area contributed by atoms with Crippen LogP contribution in [-0.4, -0.2) is 49.6 Å². The topological polar surface area (TPSA) is 40.6 Å². The monoisotopic (exact) mass is 282 g/mol. The lowest BCUT2D eigenvalue weighted by atomic mass is 9.94. The molecule has 17 heavy (non-hydrogen) atoms. The first-order valence-corrected chi connectivity index (χ1v) is 8.08. The summed E-state index contributed by atoms with van der Waals surface area (Å²) in [5.74, 6) is 1.37. The van der Waals surface area contributed by atoms with Crippen molar-refractivity contribution in [2.75, 3.05) is 32.6 Å². The van der Waals surface area contributed by atoms with Crippen LogP contribution in [-0.2, 0) is 10.2 Å². The molecule has 0 aromatic heterocycles. The van der Waals surface area contributed by atoms with Gasteiger partial charge in [-0.05, 0) is 24.7 Å². The molecule has 0 aromatic rings. The zero-order valence-corrected chi connectivity index (χ0v) is 12.5. The van der Waals surface area contributed by atoms with Crippen molar-refractivity contribution in [1.82, 2.24) is 8.61 Å². The molecule has 1 fully saturated rings. The smallest absolute Gasteiger partial charge is 0.195 e. The molecule has 0 aromatic carbocycles. The van der Waals surface area contributed by atoms with Gasteiger partial charge in [-0.25, -0.2) is 0 Å². The molecular weight excluding hydrogens is 260 g/mol. The lowest BCUT2D eigenvalue weighted by molar-refractivity contribution is 0.212. The first kappa shape index (κ1) is 15.2. The number of nitrogens with zero attached hydrogens (tertiary/aromatic N) is 2. The molecule has 0 saturated carbocycles. The van der Waals surface area contributed by atoms with Crippen LogP contribution in [0, 0.1) is 11.8 Å². The first-order chi connectivity index (χ1) is 7.87. The summed E-state index contributed by atoms with van der Waals surface area (Å²) >= 11 is 5.59. The molecule has 2 unspecified atom stereocenters. The molecule has 1 rings (SSSR count). The average Bonchev–Trinajstić information content (AvgIpc) is 2.24. The van der Waals surface area contributed by atoms with E-state index in [4.69, 9.17) is 11.6 Å². The first-order valence-electron chi connectivity index (χ1n) is 6.15. The van der Waals surface area contributed by atoms with Gasteiger partial charge >= 0.3 is 0 Å². The third kappa shape index (κ3) is 4.09. The molecular formula is C11H23ClN2O2S. The fourth-order valence-corrected chi connectivity index (χ4v) is 4.15. The van der Waals surface area contributed by atoms with Crippen LogP contribution >= 0.6 is 11.6 Å². The van der Waals surface area contributed by atoms with Crippen LogP contribution in [0.2, 0.25) is 0 Å². The predicted molar refractivity (Wildman–Crippen MR) is 71.4 cm³/mol. The number of rotatable bonds is 5. The molecule has 4 nitrogen and oxygen atoms in total. The van der Waals surface area contributed by atoms with Crippen LogP contribution in [0.4, 0.5) is 0 Å². The van der Waals surface area contributed by atoms with Crippen LogP contribution in [0.25, 0.3) is 0 Å². The van der Waals surface area contributed by atoms with E-state index in [1.54, 1.807) is 11.4 Å². The quantitative estimate of drug-likeness (QED) is 0.721. The Kier molecular flexibility index (Phi) is 5.70. The van der Waals surface area contributed by atoms with Gasteiger partial charge in [-0.2, -0.15) is 17.0 Å². The third-order valence-corrected chi connectivity index (χ3v) is 5.35. The SMILES string of the molecule is CC1CC(C)CN(S(=O)(=O)N(C)CCCCl)C1. The average molecular weight is 283 g/mol. The Morgan fingerprint density at radius 1 is 1.29 bits per heavy atom. The Labute approximate surface area is 110 Å². The molecule has 102 valence electrons. The molecule has 1 saturated heterocycles. The summed E-state index contributed by atoms with van der Waals surface area (Å²) in [6.45, 7) is 5.98. The number of hydrogen-bond donors (Lipinski definition) is 0. The van der Waals surface area contributed by atoms with Crippen LogP contribution in [0.5, 0.6) is 0 Å². The van der Waals surface area contributed by atoms with E-state index in [9.17, 15) is 8.42 Å². The van der Waals surface area contributed by atoms with Crippen LogP contribution in [0.1, 0.15) is 26.7 Å². The minimum atomic E-state index is -3.29. The summed E-state index contributed by atoms with van der Waals surface area (Å²) in [4.78, 5) is 0. The number of halogens is 1. The van der Waals surface area contributed by atoms with Gasteiger partial charge in [0.25, 0.3) is 10.2 Å². The summed E-state index contributed by atoms with van der Waals surface area (Å²) in [7, 11) is -1.66. The largest absolute Gasteiger partial charge is 0.281 e. The van der Waals surface area contributed by atoms with Gasteiger partial charge < -0.3 is 0 Å². The number of alkyl halides is 1. The molecule has 0 bridgehead atoms. The third-order valence-electron chi connectivity index (χ3n) is 3.16. The van der Waals surface area contributed by atoms with E-state index in [1.165, 1.54) is 4.31 Å². The van der Waals surface area contributed by atoms with Crippen LogP contribution in [0.15, 0.2) is 0 Å². The Bertz CT molecular complexity index is 324. The van der Waals surface area contributed by atoms with Crippen molar-refractivity contribution in [1.29, 1.82) is 0 Å². The Balaban J connectivity index is 2.68. The summed E-state index contributed by atoms with van der Waals surface area (Å²) in [6, 6.07) is 0. The van der Waals surface area contributed by atoms with E-state index in [0.717, 1.165) is 6.42 Å². The van der Waals surface area contributed by atoms with Gasteiger partial charge in [0, 0.05) is 32.6 Å². The van der Waals surface area contributed by atoms with Crippen molar-refractivity contribution in [3.05, 3.63) is 0 Å². The van der Waals surface area contributed by atoms with E-state index in [2.05, 4.69) is 13.8 Å². The molecule has 6 heteroatoms. The highest BCUT2D eigenvalue weighted by atomic mass is 35.5. The lowest BCUT2D eigenvalue weighted by Crippen LogP contribution is -2.48. The highest BCUT2D eigenvalue weighted by Crippen LogP contribution is 2.24. The van der Waals surface area contributed by atoms with Crippen molar-refractivity contribution in [3.63, 3.8) is 0 Å². The Hall–Kier alpha value is 0.160. The van der Waals surface area contributed by atoms with E-state index in [1.807, 2.05) is 0 Å². The second-order valence-electron chi connectivity index (χ2n) is 5.13. The minimum Gasteiger partial charge on any atom is -0.195 e. The van der Waals surface area contributed by atoms with Crippen LogP contribution in [0.3, 0.4) is 0 Å². The van der Waals surface area contributed by atoms with E-state index in [0.29, 0.717) is 43.8 Å². The van der Waals surface area contributed by atoms with Gasteiger partial charge in [0.2, 0.25) is 0 Å². The molecule has 0 amide bonds. The molecule has 0 aliphatic carbocycles. The second kappa shape index (κ2) is 6.36. The minimum absolute atomic E-state index is 0.440. The Morgan fingerprint density at radius 3 is 2.29 bits per heavy atom. The number of piperidine rings is 1. The lowest BCUT2D eigenvalue weighted by Gasteiger charge is -2.36. The normalized spacial score (nSPS) is 27.6. The van der Waals surface area contributed by atoms with Crippen molar-refractivity contribution >= 4 is 21.8 Å². The zero-order valence-electron chi connectivity index (χ0n) is 10.9. The van der Waals surface area contributed by atoms with Gasteiger partial charge in [-0.3, -0.25) is 0 Å². The van der Waals surface area contributed by atoms with Gasteiger partial charge in [0.05, 0.1) is 0 Å². The maximum atomic E-state index is 12.3. The van der Waals surface area contributed by atoms with E-state index in [-0.39, 0.29) is 0 Å². The summed E-state index contributed by atoms with van der Waals surface area (Å²) in [5.41, 5.74) is 0. The molecule has 0 N–H and O–H groups in total. The predicted octanol–water partition coefficient (Wildman–Crippen LogP) is 1.77. The van der Waals surface area contributed by atoms with E-state index < -0.39 is 10.2 Å². The van der Waals surface area contributed by atoms with Gasteiger partial charge in [0.1, 0.15) is 0 Å². The standard InChI is InChI=1S/C11H23ClN2O2S/c1-10-7-11(2)9-14(8-10)17(15,16)13(3)6-4-5-12/h10-11H,4-9H2,1-3H3. The highest BCUT2D eigenvalue weighted by molar-refractivity contribution is 7.86. The molecule has 0 spiro atoms. The van der Waals surface area contributed by atoms with Gasteiger partial charge in [0.15, 0.2) is 0 Å². The maximum absolute atomic E-state index is 12.3. The van der Waals surface area contributed by atoms with Crippen molar-refractivity contribution in [2.45, 2.75) is 26.7 Å². The van der Waals surface area contributed by atoms with Gasteiger partial charge in [-0.15, -0.1) is 11.6 Å². The van der Waals surface area contributed by atoms with Gasteiger partial charge in [-0.1, -0.05) is 13.8 Å². The molecule has 2 atom stereocenters. The fraction of sp³-hybridized carbons (Fsp3) is 1.00. The zero-order chi connectivity index (χ0) is 13.1. The van der Waals surface area contributed by atoms with Crippen molar-refractivity contribution in [2.24, 2.45) is 11.8 Å². The maximum Gasteiger partial charge on any atom is 0.281 e. The van der Waals surface area contributed by atoms with E-state index >= 15 is 0 Å². The highest BCUT2D eigenvalue weighted by Gasteiger charge is 2.32. The summed E-state index contributed by atoms with van der Waals surface area (Å²) in [6.07, 6.45) is 1.80. The molecule has 1 aliphatic rings. The summed E-state index contributed by atoms with van der Waals surface area (Å²) in [5, 5.41) is 0. The summed E-state index contributed by atoms with van der Waals surface area (Å²) < 4.78 is 27.6. The fourth-order valence-electron chi connectivity index (χ4n) is 2.39.